The van der Waals surface area contributed by atoms with Gasteiger partial charge in [-0.05, 0) is 107 Å². The summed E-state index contributed by atoms with van der Waals surface area (Å²) >= 11 is 0. The van der Waals surface area contributed by atoms with E-state index in [9.17, 15) is 19.2 Å². The maximum absolute atomic E-state index is 14.4. The largest absolute Gasteiger partial charge is 0.468 e. The standard InChI is InChI=1S/C56H76N4O6/c1-13-40-35(7)42-30-47-49(39(11)61)37(9)44(58-47)28-43-36(8)41(53(59-43)51-52(56(64)65-12)55(63)50-38(10)45(60-54(50)51)29-46(40)57-42)25-26-48(62)66-27-17-24-34(6)23-16-22-33(5)21-15-20-32(4)19-14-18-31(2)3/h24,28-33,35-36,40-41,52H,13-23,25-27H2,1-12H3. The molecule has 10 heteroatoms. The van der Waals surface area contributed by atoms with Gasteiger partial charge in [-0.25, -0.2) is 9.98 Å². The molecule has 7 unspecified atom stereocenters. The number of allylic oxidation sites excluding steroid dienone is 10. The van der Waals surface area contributed by atoms with Crippen LogP contribution in [0.2, 0.25) is 0 Å². The van der Waals surface area contributed by atoms with Crippen molar-refractivity contribution in [3.8, 4) is 0 Å². The fraction of sp³-hybridized carbons (Fsp3) is 0.607. The number of Topliss-reactive ketones (excluding diaryl/α,β-unsaturated/α-hetero) is 2. The van der Waals surface area contributed by atoms with Crippen LogP contribution in [0.5, 0.6) is 0 Å². The van der Waals surface area contributed by atoms with E-state index in [-0.39, 0.29) is 47.6 Å². The Balaban J connectivity index is 1.17. The van der Waals surface area contributed by atoms with Gasteiger partial charge in [0.1, 0.15) is 5.92 Å². The van der Waals surface area contributed by atoms with Crippen LogP contribution >= 0.6 is 0 Å². The number of hydrogen-bond acceptors (Lipinski definition) is 10. The summed E-state index contributed by atoms with van der Waals surface area (Å²) in [6, 6.07) is 0. The molecule has 0 aromatic heterocycles. The molecule has 5 aliphatic heterocycles. The molecule has 7 atom stereocenters. The molecule has 8 bridgehead atoms. The summed E-state index contributed by atoms with van der Waals surface area (Å²) in [6.45, 7) is 23.5. The predicted octanol–water partition coefficient (Wildman–Crippen LogP) is 12.3. The molecule has 10 nitrogen and oxygen atoms in total. The maximum atomic E-state index is 14.4. The fourth-order valence-electron chi connectivity index (χ4n) is 10.8. The van der Waals surface area contributed by atoms with Crippen molar-refractivity contribution in [2.24, 2.45) is 67.3 Å². The summed E-state index contributed by atoms with van der Waals surface area (Å²) < 4.78 is 11.0. The number of carbonyl (C=O) groups excluding carboxylic acids is 4. The summed E-state index contributed by atoms with van der Waals surface area (Å²) in [7, 11) is 1.28. The number of ketones is 2. The molecule has 0 N–H and O–H groups in total. The molecule has 6 aliphatic rings. The van der Waals surface area contributed by atoms with Crippen LogP contribution in [0, 0.1) is 47.3 Å². The van der Waals surface area contributed by atoms with Crippen LogP contribution in [-0.4, -0.2) is 60.1 Å². The molecule has 0 aromatic rings. The summed E-state index contributed by atoms with van der Waals surface area (Å²) in [6.07, 6.45) is 21.4. The lowest BCUT2D eigenvalue weighted by molar-refractivity contribution is -0.146. The number of methoxy groups -OCH3 is 1. The van der Waals surface area contributed by atoms with E-state index < -0.39 is 11.9 Å². The highest BCUT2D eigenvalue weighted by molar-refractivity contribution is 6.31. The normalized spacial score (nSPS) is 24.6. The van der Waals surface area contributed by atoms with Gasteiger partial charge in [-0.15, -0.1) is 0 Å². The first-order valence-corrected chi connectivity index (χ1v) is 25.1. The Morgan fingerprint density at radius 3 is 2.08 bits per heavy atom. The Kier molecular flexibility index (Phi) is 17.1. The van der Waals surface area contributed by atoms with E-state index in [2.05, 4.69) is 54.5 Å². The molecule has 6 rings (SSSR count). The van der Waals surface area contributed by atoms with Gasteiger partial charge < -0.3 is 9.47 Å². The topological polar surface area (TPSA) is 136 Å². The molecule has 0 fully saturated rings. The van der Waals surface area contributed by atoms with Crippen LogP contribution in [0.1, 0.15) is 160 Å². The van der Waals surface area contributed by atoms with Crippen molar-refractivity contribution in [1.29, 1.82) is 0 Å². The van der Waals surface area contributed by atoms with E-state index in [1.807, 2.05) is 39.0 Å². The average molecular weight is 901 g/mol. The molecule has 0 saturated heterocycles. The van der Waals surface area contributed by atoms with Crippen LogP contribution < -0.4 is 0 Å². The molecule has 66 heavy (non-hydrogen) atoms. The molecule has 1 aliphatic carbocycles. The van der Waals surface area contributed by atoms with Crippen LogP contribution in [0.3, 0.4) is 0 Å². The number of carbonyl (C=O) groups is 4. The van der Waals surface area contributed by atoms with Crippen LogP contribution in [0.15, 0.2) is 101 Å². The Morgan fingerprint density at radius 1 is 0.773 bits per heavy atom. The maximum Gasteiger partial charge on any atom is 0.321 e. The number of nitrogens with zero attached hydrogens (tertiary/aromatic N) is 4. The van der Waals surface area contributed by atoms with E-state index in [0.29, 0.717) is 76.0 Å². The Morgan fingerprint density at radius 2 is 1.42 bits per heavy atom. The quantitative estimate of drug-likeness (QED) is 0.0487. The fourth-order valence-corrected chi connectivity index (χ4v) is 10.8. The number of esters is 2. The third-order valence-electron chi connectivity index (χ3n) is 14.9. The summed E-state index contributed by atoms with van der Waals surface area (Å²) in [5.41, 5.74) is 9.23. The molecular formula is C56H76N4O6. The van der Waals surface area contributed by atoms with E-state index in [4.69, 9.17) is 29.4 Å². The zero-order chi connectivity index (χ0) is 48.0. The van der Waals surface area contributed by atoms with Gasteiger partial charge in [0.05, 0.1) is 42.2 Å². The first-order chi connectivity index (χ1) is 31.4. The second-order valence-corrected chi connectivity index (χ2v) is 20.5. The predicted molar refractivity (Wildman–Crippen MR) is 266 cm³/mol. The lowest BCUT2D eigenvalue weighted by Gasteiger charge is -2.21. The van der Waals surface area contributed by atoms with Crippen LogP contribution in [-0.2, 0) is 28.7 Å². The van der Waals surface area contributed by atoms with Gasteiger partial charge in [0.25, 0.3) is 0 Å². The van der Waals surface area contributed by atoms with E-state index in [1.54, 1.807) is 6.92 Å². The second kappa shape index (κ2) is 22.3. The van der Waals surface area contributed by atoms with Crippen molar-refractivity contribution in [2.45, 2.75) is 160 Å². The highest BCUT2D eigenvalue weighted by atomic mass is 16.5. The first-order valence-electron chi connectivity index (χ1n) is 25.1. The molecular weight excluding hydrogens is 825 g/mol. The average Bonchev–Trinajstić information content (AvgIpc) is 4.01. The first kappa shape index (κ1) is 50.6. The Bertz CT molecular complexity index is 2320. The molecule has 0 amide bonds. The van der Waals surface area contributed by atoms with Gasteiger partial charge in [-0.3, -0.25) is 29.2 Å². The molecule has 356 valence electrons. The summed E-state index contributed by atoms with van der Waals surface area (Å²) in [5.74, 6) is -0.788. The van der Waals surface area contributed by atoms with E-state index >= 15 is 0 Å². The third-order valence-corrected chi connectivity index (χ3v) is 14.9. The number of rotatable bonds is 21. The number of aliphatic imine (C=N–C) groups is 4. The smallest absolute Gasteiger partial charge is 0.321 e. The van der Waals surface area contributed by atoms with E-state index in [0.717, 1.165) is 47.6 Å². The van der Waals surface area contributed by atoms with Crippen molar-refractivity contribution < 1.29 is 28.7 Å². The van der Waals surface area contributed by atoms with Gasteiger partial charge in [0, 0.05) is 63.9 Å². The summed E-state index contributed by atoms with van der Waals surface area (Å²) in [4.78, 5) is 75.0. The van der Waals surface area contributed by atoms with Gasteiger partial charge in [0.2, 0.25) is 0 Å². The van der Waals surface area contributed by atoms with Gasteiger partial charge in [0.15, 0.2) is 11.6 Å². The molecule has 0 aromatic carbocycles. The molecule has 0 radical (unpaired) electrons. The zero-order valence-electron chi connectivity index (χ0n) is 42.1. The van der Waals surface area contributed by atoms with Crippen molar-refractivity contribution >= 4 is 46.4 Å². The zero-order valence-corrected chi connectivity index (χ0v) is 42.1. The SMILES string of the molecule is CCC1C2=CC3=NC4=C(C5=NC(=CC6=NC(=CC(=N2)C1C)C(C(C)=O)=C6C)C(C)C5CCC(=O)OCCC=C(C)CCCC(C)CCCC(C)CCCC(C)C)C(C(=O)OC)C(=O)C4=C3C. The molecule has 0 saturated carbocycles. The monoisotopic (exact) mass is 901 g/mol. The summed E-state index contributed by atoms with van der Waals surface area (Å²) in [5, 5.41) is 0. The lowest BCUT2D eigenvalue weighted by atomic mass is 9.81. The van der Waals surface area contributed by atoms with Crippen molar-refractivity contribution in [3.05, 3.63) is 80.5 Å². The van der Waals surface area contributed by atoms with E-state index in [1.165, 1.54) is 64.0 Å². The van der Waals surface area contributed by atoms with Crippen LogP contribution in [0.4, 0.5) is 0 Å². The van der Waals surface area contributed by atoms with Gasteiger partial charge in [-0.1, -0.05) is 105 Å². The third kappa shape index (κ3) is 11.3. The number of fused-ring (bicyclic) bond motifs is 4. The highest BCUT2D eigenvalue weighted by Crippen LogP contribution is 2.48. The van der Waals surface area contributed by atoms with Gasteiger partial charge in [-0.2, -0.15) is 0 Å². The molecule has 0 spiro atoms. The van der Waals surface area contributed by atoms with Crippen molar-refractivity contribution in [3.63, 3.8) is 0 Å². The number of ether oxygens (including phenoxy) is 2. The van der Waals surface area contributed by atoms with Crippen LogP contribution in [0.25, 0.3) is 0 Å². The van der Waals surface area contributed by atoms with Gasteiger partial charge >= 0.3 is 11.9 Å². The highest BCUT2D eigenvalue weighted by Gasteiger charge is 2.51. The van der Waals surface area contributed by atoms with Crippen molar-refractivity contribution in [2.75, 3.05) is 13.7 Å². The Labute approximate surface area is 394 Å². The minimum absolute atomic E-state index is 0.0570. The minimum Gasteiger partial charge on any atom is -0.468 e. The number of hydrogen-bond donors (Lipinski definition) is 0. The van der Waals surface area contributed by atoms with Crippen molar-refractivity contribution in [1.82, 2.24) is 0 Å². The lowest BCUT2D eigenvalue weighted by Crippen LogP contribution is -2.30. The molecule has 5 heterocycles. The Hall–Kier alpha value is -4.86. The second-order valence-electron chi connectivity index (χ2n) is 20.5. The minimum atomic E-state index is -1.24.